The van der Waals surface area contributed by atoms with Gasteiger partial charge in [0.15, 0.2) is 11.4 Å². The van der Waals surface area contributed by atoms with E-state index in [1.54, 1.807) is 0 Å². The Kier molecular flexibility index (Phi) is 12.8. The van der Waals surface area contributed by atoms with Gasteiger partial charge in [0.1, 0.15) is 6.54 Å². The van der Waals surface area contributed by atoms with E-state index >= 15 is 0 Å². The summed E-state index contributed by atoms with van der Waals surface area (Å²) >= 11 is 0. The summed E-state index contributed by atoms with van der Waals surface area (Å²) in [6.07, 6.45) is 20.1. The van der Waals surface area contributed by atoms with Crippen molar-refractivity contribution in [2.24, 2.45) is 0 Å². The Morgan fingerprint density at radius 2 is 0.958 bits per heavy atom. The fourth-order valence-electron chi connectivity index (χ4n) is 3.60. The van der Waals surface area contributed by atoms with Gasteiger partial charge in [-0.1, -0.05) is 84.0 Å². The molecule has 1 nitrogen and oxygen atoms in total. The molecule has 0 N–H and O–H groups in total. The van der Waals surface area contributed by atoms with Gasteiger partial charge in [-0.25, -0.2) is 4.57 Å². The Balaban J connectivity index is 1.86. The molecule has 138 valence electrons. The molecule has 0 saturated carbocycles. The summed E-state index contributed by atoms with van der Waals surface area (Å²) in [4.78, 5) is 0. The Morgan fingerprint density at radius 3 is 1.38 bits per heavy atom. The minimum atomic E-state index is 1.19. The molecule has 1 rings (SSSR count). The van der Waals surface area contributed by atoms with Gasteiger partial charge in [-0.05, 0) is 12.5 Å². The molecule has 0 unspecified atom stereocenters. The van der Waals surface area contributed by atoms with Crippen LogP contribution in [0.1, 0.15) is 108 Å². The number of pyridine rings is 1. The van der Waals surface area contributed by atoms with Crippen LogP contribution in [0.25, 0.3) is 0 Å². The highest BCUT2D eigenvalue weighted by Crippen LogP contribution is 2.13. The van der Waals surface area contributed by atoms with Crippen molar-refractivity contribution < 1.29 is 4.57 Å². The summed E-state index contributed by atoms with van der Waals surface area (Å²) in [6.45, 7) is 7.92. The molecule has 0 aliphatic heterocycles. The average molecular weight is 333 g/mol. The Hall–Kier alpha value is -0.850. The van der Waals surface area contributed by atoms with Gasteiger partial charge >= 0.3 is 0 Å². The Labute approximate surface area is 151 Å². The van der Waals surface area contributed by atoms with E-state index in [1.165, 1.54) is 108 Å². The van der Waals surface area contributed by atoms with Crippen molar-refractivity contribution in [3.8, 4) is 0 Å². The molecule has 0 bridgehead atoms. The molecule has 1 heteroatoms. The molecule has 0 fully saturated rings. The average Bonchev–Trinajstić information content (AvgIpc) is 2.57. The first-order valence-corrected chi connectivity index (χ1v) is 10.7. The first-order valence-electron chi connectivity index (χ1n) is 10.7. The van der Waals surface area contributed by atoms with Crippen molar-refractivity contribution in [3.05, 3.63) is 29.6 Å². The number of aryl methyl sites for hydroxylation is 2. The summed E-state index contributed by atoms with van der Waals surface area (Å²) in [5, 5.41) is 0. The highest BCUT2D eigenvalue weighted by Gasteiger charge is 2.08. The van der Waals surface area contributed by atoms with Gasteiger partial charge in [-0.3, -0.25) is 0 Å². The molecule has 1 aromatic heterocycles. The monoisotopic (exact) mass is 332 g/mol. The number of hydrogen-bond donors (Lipinski definition) is 0. The standard InChI is InChI=1S/C23H42N/c1-4-5-6-7-8-9-10-11-12-13-14-15-16-17-21-24-22(2)19-18-20-23(24)3/h18-20H,4-17,21H2,1-3H3/q+1. The first kappa shape index (κ1) is 21.2. The smallest absolute Gasteiger partial charge is 0.178 e. The molecule has 0 saturated heterocycles. The number of hydrogen-bond acceptors (Lipinski definition) is 0. The van der Waals surface area contributed by atoms with Crippen LogP contribution >= 0.6 is 0 Å². The number of rotatable bonds is 15. The molecular weight excluding hydrogens is 290 g/mol. The van der Waals surface area contributed by atoms with Gasteiger partial charge in [0.2, 0.25) is 0 Å². The zero-order chi connectivity index (χ0) is 17.5. The third kappa shape index (κ3) is 10.1. The molecule has 24 heavy (non-hydrogen) atoms. The number of unbranched alkanes of at least 4 members (excludes halogenated alkanes) is 13. The van der Waals surface area contributed by atoms with E-state index < -0.39 is 0 Å². The minimum Gasteiger partial charge on any atom is -0.200 e. The van der Waals surface area contributed by atoms with Gasteiger partial charge in [-0.15, -0.1) is 0 Å². The lowest BCUT2D eigenvalue weighted by Crippen LogP contribution is -2.40. The molecule has 1 aromatic rings. The van der Waals surface area contributed by atoms with Crippen LogP contribution in [0.5, 0.6) is 0 Å². The molecule has 0 aliphatic rings. The van der Waals surface area contributed by atoms with Crippen molar-refractivity contribution in [2.75, 3.05) is 0 Å². The fraction of sp³-hybridized carbons (Fsp3) is 0.783. The largest absolute Gasteiger partial charge is 0.200 e. The number of aromatic nitrogens is 1. The normalized spacial score (nSPS) is 11.1. The third-order valence-corrected chi connectivity index (χ3v) is 5.26. The van der Waals surface area contributed by atoms with Gasteiger partial charge < -0.3 is 0 Å². The van der Waals surface area contributed by atoms with Crippen LogP contribution < -0.4 is 4.57 Å². The van der Waals surface area contributed by atoms with Crippen molar-refractivity contribution in [3.63, 3.8) is 0 Å². The zero-order valence-electron chi connectivity index (χ0n) is 16.8. The van der Waals surface area contributed by atoms with Crippen LogP contribution in [0.4, 0.5) is 0 Å². The predicted octanol–water partition coefficient (Wildman–Crippen LogP) is 7.07. The summed E-state index contributed by atoms with van der Waals surface area (Å²) in [5.74, 6) is 0. The van der Waals surface area contributed by atoms with Crippen molar-refractivity contribution in [2.45, 2.75) is 117 Å². The zero-order valence-corrected chi connectivity index (χ0v) is 16.8. The Bertz CT molecular complexity index is 390. The van der Waals surface area contributed by atoms with Crippen LogP contribution in [0.2, 0.25) is 0 Å². The van der Waals surface area contributed by atoms with Gasteiger partial charge in [0.25, 0.3) is 0 Å². The van der Waals surface area contributed by atoms with E-state index in [4.69, 9.17) is 0 Å². The minimum absolute atomic E-state index is 1.19. The topological polar surface area (TPSA) is 3.88 Å². The Morgan fingerprint density at radius 1 is 0.583 bits per heavy atom. The molecule has 0 aromatic carbocycles. The molecule has 0 spiro atoms. The first-order chi connectivity index (χ1) is 11.8. The SMILES string of the molecule is CCCCCCCCCCCCCCCC[n+]1c(C)cccc1C. The molecule has 0 aliphatic carbocycles. The molecule has 0 radical (unpaired) electrons. The third-order valence-electron chi connectivity index (χ3n) is 5.26. The van der Waals surface area contributed by atoms with E-state index in [1.807, 2.05) is 0 Å². The quantitative estimate of drug-likeness (QED) is 0.239. The highest BCUT2D eigenvalue weighted by atomic mass is 15.0. The van der Waals surface area contributed by atoms with Gasteiger partial charge in [0, 0.05) is 32.4 Å². The fourth-order valence-corrected chi connectivity index (χ4v) is 3.60. The number of nitrogens with zero attached hydrogens (tertiary/aromatic N) is 1. The summed E-state index contributed by atoms with van der Waals surface area (Å²) < 4.78 is 2.46. The van der Waals surface area contributed by atoms with Crippen LogP contribution in [-0.2, 0) is 6.54 Å². The summed E-state index contributed by atoms with van der Waals surface area (Å²) in [7, 11) is 0. The van der Waals surface area contributed by atoms with Crippen molar-refractivity contribution >= 4 is 0 Å². The molecule has 1 heterocycles. The summed E-state index contributed by atoms with van der Waals surface area (Å²) in [5.41, 5.74) is 2.79. The van der Waals surface area contributed by atoms with Crippen LogP contribution in [0.15, 0.2) is 18.2 Å². The van der Waals surface area contributed by atoms with E-state index in [-0.39, 0.29) is 0 Å². The lowest BCUT2D eigenvalue weighted by Gasteiger charge is -2.04. The molecular formula is C23H42N+. The summed E-state index contributed by atoms with van der Waals surface area (Å²) in [6, 6.07) is 6.60. The van der Waals surface area contributed by atoms with Crippen LogP contribution in [0.3, 0.4) is 0 Å². The molecule has 0 amide bonds. The van der Waals surface area contributed by atoms with E-state index in [0.717, 1.165) is 0 Å². The molecule has 0 atom stereocenters. The second-order valence-corrected chi connectivity index (χ2v) is 7.56. The van der Waals surface area contributed by atoms with E-state index in [0.29, 0.717) is 0 Å². The maximum atomic E-state index is 2.46. The lowest BCUT2D eigenvalue weighted by atomic mass is 10.0. The second-order valence-electron chi connectivity index (χ2n) is 7.56. The van der Waals surface area contributed by atoms with Gasteiger partial charge in [0.05, 0.1) is 0 Å². The second kappa shape index (κ2) is 14.5. The van der Waals surface area contributed by atoms with Crippen LogP contribution in [-0.4, -0.2) is 0 Å². The lowest BCUT2D eigenvalue weighted by molar-refractivity contribution is -0.709. The maximum absolute atomic E-state index is 2.46. The highest BCUT2D eigenvalue weighted by molar-refractivity contribution is 5.00. The predicted molar refractivity (Wildman–Crippen MR) is 106 cm³/mol. The van der Waals surface area contributed by atoms with Crippen molar-refractivity contribution in [1.29, 1.82) is 0 Å². The van der Waals surface area contributed by atoms with Gasteiger partial charge in [-0.2, -0.15) is 0 Å². The van der Waals surface area contributed by atoms with Crippen molar-refractivity contribution in [1.82, 2.24) is 0 Å². The van der Waals surface area contributed by atoms with E-state index in [9.17, 15) is 0 Å². The van der Waals surface area contributed by atoms with Crippen LogP contribution in [0, 0.1) is 13.8 Å². The van der Waals surface area contributed by atoms with E-state index in [2.05, 4.69) is 43.5 Å². The maximum Gasteiger partial charge on any atom is 0.178 e.